The van der Waals surface area contributed by atoms with Crippen molar-refractivity contribution in [3.8, 4) is 0 Å². The SMILES string of the molecule is CN(CC1CCCCC1)C(=O)NCC(C)(O)CC(=O)O. The smallest absolute Gasteiger partial charge is 0.317 e. The molecule has 0 heterocycles. The largest absolute Gasteiger partial charge is 0.481 e. The highest BCUT2D eigenvalue weighted by molar-refractivity contribution is 5.74. The van der Waals surface area contributed by atoms with Crippen molar-refractivity contribution < 1.29 is 19.8 Å². The summed E-state index contributed by atoms with van der Waals surface area (Å²) in [6, 6.07) is -0.263. The molecule has 3 N–H and O–H groups in total. The van der Waals surface area contributed by atoms with Gasteiger partial charge in [-0.3, -0.25) is 4.79 Å². The van der Waals surface area contributed by atoms with Gasteiger partial charge < -0.3 is 20.4 Å². The summed E-state index contributed by atoms with van der Waals surface area (Å²) < 4.78 is 0. The van der Waals surface area contributed by atoms with Crippen LogP contribution in [0.25, 0.3) is 0 Å². The number of carbonyl (C=O) groups excluding carboxylic acids is 1. The molecule has 116 valence electrons. The summed E-state index contributed by atoms with van der Waals surface area (Å²) >= 11 is 0. The van der Waals surface area contributed by atoms with Crippen LogP contribution in [0.2, 0.25) is 0 Å². The fourth-order valence-electron chi connectivity index (χ4n) is 2.63. The Kier molecular flexibility index (Phi) is 6.26. The van der Waals surface area contributed by atoms with Gasteiger partial charge in [0.25, 0.3) is 0 Å². The summed E-state index contributed by atoms with van der Waals surface area (Å²) in [6.45, 7) is 2.06. The van der Waals surface area contributed by atoms with Crippen molar-refractivity contribution in [3.05, 3.63) is 0 Å². The molecule has 0 saturated heterocycles. The van der Waals surface area contributed by atoms with Gasteiger partial charge in [-0.15, -0.1) is 0 Å². The second kappa shape index (κ2) is 7.47. The predicted octanol–water partition coefficient (Wildman–Crippen LogP) is 1.43. The van der Waals surface area contributed by atoms with Crippen molar-refractivity contribution in [3.63, 3.8) is 0 Å². The number of aliphatic carboxylic acids is 1. The zero-order chi connectivity index (χ0) is 15.2. The van der Waals surface area contributed by atoms with Gasteiger partial charge in [0.2, 0.25) is 0 Å². The molecule has 0 aliphatic heterocycles. The highest BCUT2D eigenvalue weighted by Gasteiger charge is 2.26. The van der Waals surface area contributed by atoms with Gasteiger partial charge in [0.1, 0.15) is 0 Å². The van der Waals surface area contributed by atoms with E-state index in [4.69, 9.17) is 5.11 Å². The molecule has 1 fully saturated rings. The average molecular weight is 286 g/mol. The molecule has 2 amide bonds. The third kappa shape index (κ3) is 6.23. The van der Waals surface area contributed by atoms with Crippen LogP contribution in [0.1, 0.15) is 45.4 Å². The molecule has 0 aromatic carbocycles. The molecule has 0 aromatic heterocycles. The van der Waals surface area contributed by atoms with Crippen molar-refractivity contribution in [2.24, 2.45) is 5.92 Å². The topological polar surface area (TPSA) is 89.9 Å². The number of nitrogens with one attached hydrogen (secondary N) is 1. The van der Waals surface area contributed by atoms with Gasteiger partial charge >= 0.3 is 12.0 Å². The monoisotopic (exact) mass is 286 g/mol. The maximum absolute atomic E-state index is 11.9. The van der Waals surface area contributed by atoms with Gasteiger partial charge in [-0.1, -0.05) is 19.3 Å². The Morgan fingerprint density at radius 1 is 1.30 bits per heavy atom. The van der Waals surface area contributed by atoms with Gasteiger partial charge in [0.15, 0.2) is 0 Å². The summed E-state index contributed by atoms with van der Waals surface area (Å²) in [5, 5.41) is 21.1. The lowest BCUT2D eigenvalue weighted by molar-refractivity contribution is -0.141. The Balaban J connectivity index is 2.32. The highest BCUT2D eigenvalue weighted by atomic mass is 16.4. The molecule has 1 unspecified atom stereocenters. The standard InChI is InChI=1S/C14H26N2O4/c1-14(20,8-12(17)18)10-15-13(19)16(2)9-11-6-4-3-5-7-11/h11,20H,3-10H2,1-2H3,(H,15,19)(H,17,18). The number of aliphatic hydroxyl groups is 1. The molecular weight excluding hydrogens is 260 g/mol. The third-order valence-corrected chi connectivity index (χ3v) is 3.76. The molecule has 1 aliphatic rings. The van der Waals surface area contributed by atoms with Crippen LogP contribution in [0.4, 0.5) is 4.79 Å². The number of hydrogen-bond acceptors (Lipinski definition) is 3. The first-order valence-electron chi connectivity index (χ1n) is 7.23. The highest BCUT2D eigenvalue weighted by Crippen LogP contribution is 2.24. The fraction of sp³-hybridized carbons (Fsp3) is 0.857. The van der Waals surface area contributed by atoms with Gasteiger partial charge in [0.05, 0.1) is 12.0 Å². The van der Waals surface area contributed by atoms with E-state index in [1.54, 1.807) is 11.9 Å². The van der Waals surface area contributed by atoms with E-state index in [0.29, 0.717) is 12.5 Å². The van der Waals surface area contributed by atoms with Crippen molar-refractivity contribution in [2.75, 3.05) is 20.1 Å². The van der Waals surface area contributed by atoms with Crippen LogP contribution in [0.5, 0.6) is 0 Å². The minimum absolute atomic E-state index is 0.0624. The number of nitrogens with zero attached hydrogens (tertiary/aromatic N) is 1. The second-order valence-electron chi connectivity index (χ2n) is 6.11. The van der Waals surface area contributed by atoms with Crippen molar-refractivity contribution in [1.29, 1.82) is 0 Å². The van der Waals surface area contributed by atoms with E-state index in [-0.39, 0.29) is 19.0 Å². The number of amides is 2. The van der Waals surface area contributed by atoms with Gasteiger partial charge in [-0.05, 0) is 25.7 Å². The van der Waals surface area contributed by atoms with Crippen LogP contribution in [-0.4, -0.2) is 52.9 Å². The number of carboxylic acids is 1. The Morgan fingerprint density at radius 3 is 2.45 bits per heavy atom. The molecule has 0 radical (unpaired) electrons. The molecule has 6 nitrogen and oxygen atoms in total. The minimum atomic E-state index is -1.42. The molecule has 0 bridgehead atoms. The molecule has 1 saturated carbocycles. The summed E-state index contributed by atoms with van der Waals surface area (Å²) in [5.41, 5.74) is -1.42. The third-order valence-electron chi connectivity index (χ3n) is 3.76. The number of carbonyl (C=O) groups is 2. The normalized spacial score (nSPS) is 19.1. The van der Waals surface area contributed by atoms with E-state index in [2.05, 4.69) is 5.32 Å². The molecular formula is C14H26N2O4. The van der Waals surface area contributed by atoms with E-state index in [0.717, 1.165) is 12.8 Å². The average Bonchev–Trinajstić information content (AvgIpc) is 2.35. The van der Waals surface area contributed by atoms with Crippen LogP contribution in [0.3, 0.4) is 0 Å². The zero-order valence-electron chi connectivity index (χ0n) is 12.4. The summed E-state index contributed by atoms with van der Waals surface area (Å²) in [5.74, 6) is -0.529. The minimum Gasteiger partial charge on any atom is -0.481 e. The Labute approximate surface area is 120 Å². The first kappa shape index (κ1) is 16.8. The lowest BCUT2D eigenvalue weighted by Crippen LogP contribution is -2.47. The van der Waals surface area contributed by atoms with Crippen LogP contribution in [-0.2, 0) is 4.79 Å². The van der Waals surface area contributed by atoms with Gasteiger partial charge in [0, 0.05) is 20.1 Å². The van der Waals surface area contributed by atoms with Crippen molar-refractivity contribution in [2.45, 2.75) is 51.0 Å². The predicted molar refractivity (Wildman–Crippen MR) is 75.5 cm³/mol. The molecule has 0 spiro atoms. The lowest BCUT2D eigenvalue weighted by atomic mass is 9.89. The summed E-state index contributed by atoms with van der Waals surface area (Å²) in [4.78, 5) is 24.1. The Morgan fingerprint density at radius 2 is 1.90 bits per heavy atom. The number of carboxylic acid groups (broad SMARTS) is 1. The maximum atomic E-state index is 11.9. The van der Waals surface area contributed by atoms with E-state index in [1.807, 2.05) is 0 Å². The maximum Gasteiger partial charge on any atom is 0.317 e. The molecule has 6 heteroatoms. The van der Waals surface area contributed by atoms with Crippen molar-refractivity contribution >= 4 is 12.0 Å². The van der Waals surface area contributed by atoms with E-state index in [9.17, 15) is 14.7 Å². The van der Waals surface area contributed by atoms with E-state index < -0.39 is 11.6 Å². The molecule has 20 heavy (non-hydrogen) atoms. The van der Waals surface area contributed by atoms with E-state index in [1.165, 1.54) is 26.2 Å². The fourth-order valence-corrected chi connectivity index (χ4v) is 2.63. The van der Waals surface area contributed by atoms with E-state index >= 15 is 0 Å². The van der Waals surface area contributed by atoms with Crippen LogP contribution < -0.4 is 5.32 Å². The molecule has 1 rings (SSSR count). The van der Waals surface area contributed by atoms with Gasteiger partial charge in [-0.2, -0.15) is 0 Å². The zero-order valence-corrected chi connectivity index (χ0v) is 12.4. The summed E-state index contributed by atoms with van der Waals surface area (Å²) in [7, 11) is 1.73. The first-order chi connectivity index (χ1) is 9.30. The van der Waals surface area contributed by atoms with Crippen LogP contribution in [0, 0.1) is 5.92 Å². The van der Waals surface area contributed by atoms with Crippen LogP contribution >= 0.6 is 0 Å². The number of urea groups is 1. The quantitative estimate of drug-likeness (QED) is 0.689. The first-order valence-corrected chi connectivity index (χ1v) is 7.23. The summed E-state index contributed by atoms with van der Waals surface area (Å²) in [6.07, 6.45) is 5.67. The van der Waals surface area contributed by atoms with Crippen molar-refractivity contribution in [1.82, 2.24) is 10.2 Å². The molecule has 1 atom stereocenters. The van der Waals surface area contributed by atoms with Gasteiger partial charge in [-0.25, -0.2) is 4.79 Å². The second-order valence-corrected chi connectivity index (χ2v) is 6.11. The van der Waals surface area contributed by atoms with Crippen LogP contribution in [0.15, 0.2) is 0 Å². The number of rotatable bonds is 6. The lowest BCUT2D eigenvalue weighted by Gasteiger charge is -2.28. The Hall–Kier alpha value is -1.30. The Bertz CT molecular complexity index is 338. The number of hydrogen-bond donors (Lipinski definition) is 3. The molecule has 1 aliphatic carbocycles. The molecule has 0 aromatic rings.